The van der Waals surface area contributed by atoms with Crippen molar-refractivity contribution in [3.63, 3.8) is 0 Å². The summed E-state index contributed by atoms with van der Waals surface area (Å²) in [6.45, 7) is 7.58. The number of nitrogens with one attached hydrogen (secondary N) is 3. The van der Waals surface area contributed by atoms with Gasteiger partial charge in [-0.25, -0.2) is 4.39 Å². The zero-order valence-electron chi connectivity index (χ0n) is 27.1. The topological polar surface area (TPSA) is 108 Å². The second kappa shape index (κ2) is 13.8. The molecule has 1 saturated carbocycles. The van der Waals surface area contributed by atoms with Crippen molar-refractivity contribution in [1.29, 1.82) is 0 Å². The highest BCUT2D eigenvalue weighted by molar-refractivity contribution is 6.16. The Morgan fingerprint density at radius 1 is 0.896 bits per heavy atom. The summed E-state index contributed by atoms with van der Waals surface area (Å²) in [6, 6.07) is 18.4. The van der Waals surface area contributed by atoms with Crippen molar-refractivity contribution in [3.05, 3.63) is 78.7 Å². The average Bonchev–Trinajstić information content (AvgIpc) is 3.93. The van der Waals surface area contributed by atoms with Gasteiger partial charge in [0.1, 0.15) is 28.5 Å². The summed E-state index contributed by atoms with van der Waals surface area (Å²) in [5, 5.41) is 9.87. The fraction of sp³-hybridized carbons (Fsp3) is 0.378. The number of nitrogens with zero attached hydrogens (tertiary/aromatic N) is 3. The van der Waals surface area contributed by atoms with Crippen molar-refractivity contribution in [2.24, 2.45) is 11.3 Å². The van der Waals surface area contributed by atoms with E-state index in [2.05, 4.69) is 36.8 Å². The summed E-state index contributed by atoms with van der Waals surface area (Å²) >= 11 is 0. The summed E-state index contributed by atoms with van der Waals surface area (Å²) in [7, 11) is 1.70. The van der Waals surface area contributed by atoms with Crippen molar-refractivity contribution in [3.8, 4) is 17.2 Å². The van der Waals surface area contributed by atoms with E-state index in [0.29, 0.717) is 41.6 Å². The molecular formula is C37H41FN6O4. The zero-order chi connectivity index (χ0) is 33.1. The molecule has 7 rings (SSSR count). The predicted molar refractivity (Wildman–Crippen MR) is 184 cm³/mol. The van der Waals surface area contributed by atoms with Crippen LogP contribution in [-0.4, -0.2) is 74.6 Å². The van der Waals surface area contributed by atoms with Crippen molar-refractivity contribution >= 4 is 39.8 Å². The Kier molecular flexibility index (Phi) is 9.14. The first kappa shape index (κ1) is 31.8. The number of anilines is 3. The summed E-state index contributed by atoms with van der Waals surface area (Å²) in [5.41, 5.74) is 1.73. The first-order valence-corrected chi connectivity index (χ1v) is 16.7. The van der Waals surface area contributed by atoms with Crippen LogP contribution in [0, 0.1) is 17.2 Å². The van der Waals surface area contributed by atoms with Crippen LogP contribution in [-0.2, 0) is 9.59 Å². The quantitative estimate of drug-likeness (QED) is 0.189. The molecule has 3 fully saturated rings. The Morgan fingerprint density at radius 3 is 2.17 bits per heavy atom. The Bertz CT molecular complexity index is 1770. The van der Waals surface area contributed by atoms with Crippen molar-refractivity contribution in [2.45, 2.75) is 25.7 Å². The number of piperidine rings is 1. The van der Waals surface area contributed by atoms with Crippen LogP contribution in [0.2, 0.25) is 0 Å². The van der Waals surface area contributed by atoms with E-state index in [0.717, 1.165) is 74.5 Å². The molecule has 3 N–H and O–H groups in total. The third kappa shape index (κ3) is 6.93. The first-order valence-electron chi connectivity index (χ1n) is 16.7. The van der Waals surface area contributed by atoms with Crippen LogP contribution < -0.4 is 30.3 Å². The number of benzene rings is 3. The van der Waals surface area contributed by atoms with Crippen molar-refractivity contribution < 1.29 is 23.5 Å². The number of halogens is 1. The van der Waals surface area contributed by atoms with Crippen molar-refractivity contribution in [2.75, 3.05) is 68.5 Å². The third-order valence-electron chi connectivity index (χ3n) is 9.74. The summed E-state index contributed by atoms with van der Waals surface area (Å²) in [5.74, 6) is 1.57. The van der Waals surface area contributed by atoms with Gasteiger partial charge in [0.2, 0.25) is 11.8 Å². The molecule has 2 amide bonds. The van der Waals surface area contributed by atoms with E-state index in [1.165, 1.54) is 30.8 Å². The number of carbonyl (C=O) groups is 2. The number of ether oxygens (including phenoxy) is 2. The lowest BCUT2D eigenvalue weighted by Gasteiger charge is -2.37. The average molecular weight is 653 g/mol. The van der Waals surface area contributed by atoms with Gasteiger partial charge in [0.25, 0.3) is 0 Å². The number of amides is 2. The second-order valence-corrected chi connectivity index (χ2v) is 13.0. The smallest absolute Gasteiger partial charge is 0.240 e. The number of fused-ring (bicyclic) bond motifs is 1. The van der Waals surface area contributed by atoms with Crippen LogP contribution in [0.1, 0.15) is 25.7 Å². The number of piperazine rings is 1. The lowest BCUT2D eigenvalue weighted by molar-refractivity contribution is -0.131. The number of pyridine rings is 1. The molecule has 11 heteroatoms. The molecule has 48 heavy (non-hydrogen) atoms. The molecule has 1 aliphatic carbocycles. The van der Waals surface area contributed by atoms with E-state index in [4.69, 9.17) is 9.47 Å². The van der Waals surface area contributed by atoms with Gasteiger partial charge in [-0.2, -0.15) is 0 Å². The normalized spacial score (nSPS) is 17.9. The van der Waals surface area contributed by atoms with Gasteiger partial charge in [-0.1, -0.05) is 0 Å². The Hall–Kier alpha value is -4.74. The van der Waals surface area contributed by atoms with Crippen LogP contribution in [0.25, 0.3) is 10.9 Å². The molecule has 0 unspecified atom stereocenters. The van der Waals surface area contributed by atoms with E-state index in [1.54, 1.807) is 37.6 Å². The van der Waals surface area contributed by atoms with Gasteiger partial charge in [0.05, 0.1) is 18.3 Å². The third-order valence-corrected chi connectivity index (χ3v) is 9.74. The predicted octanol–water partition coefficient (Wildman–Crippen LogP) is 5.65. The van der Waals surface area contributed by atoms with Crippen LogP contribution >= 0.6 is 0 Å². The molecule has 10 nitrogen and oxygen atoms in total. The molecule has 250 valence electrons. The fourth-order valence-electron chi connectivity index (χ4n) is 6.70. The maximum absolute atomic E-state index is 13.2. The Balaban J connectivity index is 0.989. The van der Waals surface area contributed by atoms with E-state index in [1.807, 2.05) is 12.1 Å². The molecule has 0 spiro atoms. The van der Waals surface area contributed by atoms with Gasteiger partial charge >= 0.3 is 0 Å². The second-order valence-electron chi connectivity index (χ2n) is 13.0. The number of carbonyl (C=O) groups excluding carboxylic acids is 2. The van der Waals surface area contributed by atoms with Crippen LogP contribution in [0.15, 0.2) is 72.9 Å². The van der Waals surface area contributed by atoms with E-state index in [9.17, 15) is 14.0 Å². The maximum Gasteiger partial charge on any atom is 0.240 e. The molecule has 0 radical (unpaired) electrons. The molecule has 3 heterocycles. The van der Waals surface area contributed by atoms with Crippen LogP contribution in [0.3, 0.4) is 0 Å². The summed E-state index contributed by atoms with van der Waals surface area (Å²) in [6.07, 6.45) is 4.95. The molecule has 3 aliphatic rings. The van der Waals surface area contributed by atoms with Gasteiger partial charge in [0, 0.05) is 68.8 Å². The van der Waals surface area contributed by atoms with E-state index >= 15 is 0 Å². The standard InChI is InChI=1S/C37H41FN6O4/c1-47-34-22-30-31(23-32(34)44-18-11-25(12-19-44)24-43-20-16-39-17-21-43)40-15-10-33(30)48-29-8-6-28(7-9-29)42-36(46)37(13-14-37)35(45)41-27-4-2-26(38)3-5-27/h2-10,15,22-23,25,39H,11-14,16-21,24H2,1H3,(H,41,45)(H,42,46). The van der Waals surface area contributed by atoms with E-state index < -0.39 is 17.1 Å². The molecule has 2 aliphatic heterocycles. The largest absolute Gasteiger partial charge is 0.495 e. The number of aromatic nitrogens is 1. The minimum atomic E-state index is -1.14. The summed E-state index contributed by atoms with van der Waals surface area (Å²) < 4.78 is 25.4. The minimum absolute atomic E-state index is 0.373. The fourth-order valence-corrected chi connectivity index (χ4v) is 6.70. The molecule has 1 aromatic heterocycles. The van der Waals surface area contributed by atoms with Gasteiger partial charge in [-0.15, -0.1) is 0 Å². The van der Waals surface area contributed by atoms with Gasteiger partial charge < -0.3 is 35.2 Å². The lowest BCUT2D eigenvalue weighted by atomic mass is 9.95. The number of hydrogen-bond acceptors (Lipinski definition) is 8. The van der Waals surface area contributed by atoms with E-state index in [-0.39, 0.29) is 5.91 Å². The zero-order valence-corrected chi connectivity index (χ0v) is 27.1. The highest BCUT2D eigenvalue weighted by Gasteiger charge is 2.56. The Labute approximate surface area is 279 Å². The first-order chi connectivity index (χ1) is 23.4. The van der Waals surface area contributed by atoms with Crippen LogP contribution in [0.5, 0.6) is 17.2 Å². The highest BCUT2D eigenvalue weighted by Crippen LogP contribution is 2.47. The van der Waals surface area contributed by atoms with Crippen LogP contribution in [0.4, 0.5) is 21.5 Å². The summed E-state index contributed by atoms with van der Waals surface area (Å²) in [4.78, 5) is 35.7. The molecule has 3 aromatic carbocycles. The van der Waals surface area contributed by atoms with Crippen molar-refractivity contribution in [1.82, 2.24) is 15.2 Å². The molecule has 4 aromatic rings. The maximum atomic E-state index is 13.2. The minimum Gasteiger partial charge on any atom is -0.495 e. The van der Waals surface area contributed by atoms with Gasteiger partial charge in [0.15, 0.2) is 0 Å². The lowest BCUT2D eigenvalue weighted by Crippen LogP contribution is -2.46. The Morgan fingerprint density at radius 2 is 1.54 bits per heavy atom. The van der Waals surface area contributed by atoms with Gasteiger partial charge in [-0.3, -0.25) is 14.6 Å². The molecule has 0 atom stereocenters. The molecular weight excluding hydrogens is 611 g/mol. The number of rotatable bonds is 10. The molecule has 2 saturated heterocycles. The molecule has 0 bridgehead atoms. The van der Waals surface area contributed by atoms with Gasteiger partial charge in [-0.05, 0) is 98.3 Å². The number of hydrogen-bond donors (Lipinski definition) is 3. The highest BCUT2D eigenvalue weighted by atomic mass is 19.1. The number of methoxy groups -OCH3 is 1. The monoisotopic (exact) mass is 652 g/mol. The SMILES string of the molecule is COc1cc2c(Oc3ccc(NC(=O)C4(C(=O)Nc5ccc(F)cc5)CC4)cc3)ccnc2cc1N1CCC(CN2CCNCC2)CC1.